The van der Waals surface area contributed by atoms with Gasteiger partial charge in [0.05, 0.1) is 12.1 Å². The second-order valence-electron chi connectivity index (χ2n) is 3.49. The summed E-state index contributed by atoms with van der Waals surface area (Å²) in [5.41, 5.74) is 6.04. The summed E-state index contributed by atoms with van der Waals surface area (Å²) < 4.78 is 0. The number of hydrogen-bond donors (Lipinski definition) is 2. The summed E-state index contributed by atoms with van der Waals surface area (Å²) in [6, 6.07) is 4.34. The summed E-state index contributed by atoms with van der Waals surface area (Å²) in [5, 5.41) is 17.0. The van der Waals surface area contributed by atoms with E-state index in [0.717, 1.165) is 25.9 Å². The van der Waals surface area contributed by atoms with Crippen molar-refractivity contribution in [3.05, 3.63) is 0 Å². The van der Waals surface area contributed by atoms with E-state index in [1.54, 1.807) is 0 Å². The maximum Gasteiger partial charge on any atom is 0.0653 e. The van der Waals surface area contributed by atoms with Crippen LogP contribution in [0.4, 0.5) is 0 Å². The highest BCUT2D eigenvalue weighted by molar-refractivity contribution is 4.79. The minimum Gasteiger partial charge on any atom is -0.258 e. The second kappa shape index (κ2) is 8.50. The van der Waals surface area contributed by atoms with Gasteiger partial charge in [-0.2, -0.15) is 10.5 Å². The summed E-state index contributed by atoms with van der Waals surface area (Å²) in [5.74, 6) is 0.199. The van der Waals surface area contributed by atoms with E-state index in [1.165, 1.54) is 0 Å². The minimum absolute atomic E-state index is 0.0994. The largest absolute Gasteiger partial charge is 0.258 e. The van der Waals surface area contributed by atoms with Gasteiger partial charge in [0.1, 0.15) is 0 Å². The van der Waals surface area contributed by atoms with Crippen LogP contribution in [0.5, 0.6) is 0 Å². The van der Waals surface area contributed by atoms with Gasteiger partial charge in [0.2, 0.25) is 0 Å². The number of nitrogens with zero attached hydrogens (tertiary/aromatic N) is 2. The predicted molar refractivity (Wildman–Crippen MR) is 54.8 cm³/mol. The number of hydrogen-bond acceptors (Lipinski definition) is 4. The van der Waals surface area contributed by atoms with E-state index in [9.17, 15) is 0 Å². The lowest BCUT2D eigenvalue weighted by atomic mass is 10.1. The zero-order valence-electron chi connectivity index (χ0n) is 8.88. The van der Waals surface area contributed by atoms with Gasteiger partial charge in [-0.1, -0.05) is 0 Å². The maximum absolute atomic E-state index is 8.51. The lowest BCUT2D eigenvalue weighted by Crippen LogP contribution is -2.34. The Morgan fingerprint density at radius 3 is 1.57 bits per heavy atom. The lowest BCUT2D eigenvalue weighted by Gasteiger charge is -2.07. The highest BCUT2D eigenvalue weighted by Crippen LogP contribution is 1.97. The number of nitriles is 2. The van der Waals surface area contributed by atoms with E-state index < -0.39 is 0 Å². The monoisotopic (exact) mass is 194 g/mol. The Kier molecular flexibility index (Phi) is 7.83. The van der Waals surface area contributed by atoms with Gasteiger partial charge in [-0.25, -0.2) is 0 Å². The zero-order valence-corrected chi connectivity index (χ0v) is 8.88. The zero-order chi connectivity index (χ0) is 10.8. The third kappa shape index (κ3) is 7.54. The second-order valence-corrected chi connectivity index (χ2v) is 3.49. The predicted octanol–water partition coefficient (Wildman–Crippen LogP) is 1.18. The van der Waals surface area contributed by atoms with Crippen molar-refractivity contribution in [2.45, 2.75) is 26.7 Å². The highest BCUT2D eigenvalue weighted by atomic mass is 15.3. The number of hydrazine groups is 1. The topological polar surface area (TPSA) is 71.6 Å². The molecule has 2 unspecified atom stereocenters. The highest BCUT2D eigenvalue weighted by Gasteiger charge is 1.99. The summed E-state index contributed by atoms with van der Waals surface area (Å²) >= 11 is 0. The molecular weight excluding hydrogens is 176 g/mol. The third-order valence-electron chi connectivity index (χ3n) is 1.97. The van der Waals surface area contributed by atoms with Crippen LogP contribution in [0.2, 0.25) is 0 Å². The van der Waals surface area contributed by atoms with Gasteiger partial charge in [-0.05, 0) is 26.7 Å². The van der Waals surface area contributed by atoms with Crippen LogP contribution in [0.3, 0.4) is 0 Å². The first-order chi connectivity index (χ1) is 6.70. The molecule has 0 rings (SSSR count). The first-order valence-electron chi connectivity index (χ1n) is 4.95. The van der Waals surface area contributed by atoms with Crippen LogP contribution in [0.1, 0.15) is 26.7 Å². The Morgan fingerprint density at radius 2 is 1.29 bits per heavy atom. The summed E-state index contributed by atoms with van der Waals surface area (Å²) in [7, 11) is 0. The molecule has 0 heterocycles. The Balaban J connectivity index is 3.16. The van der Waals surface area contributed by atoms with Crippen molar-refractivity contribution in [1.29, 1.82) is 10.5 Å². The van der Waals surface area contributed by atoms with E-state index in [2.05, 4.69) is 23.0 Å². The average Bonchev–Trinajstić information content (AvgIpc) is 2.22. The molecular formula is C10H18N4. The van der Waals surface area contributed by atoms with Crippen molar-refractivity contribution >= 4 is 0 Å². The van der Waals surface area contributed by atoms with E-state index in [-0.39, 0.29) is 11.8 Å². The number of rotatable bonds is 7. The Labute approximate surface area is 85.9 Å². The van der Waals surface area contributed by atoms with E-state index in [4.69, 9.17) is 10.5 Å². The summed E-state index contributed by atoms with van der Waals surface area (Å²) in [6.07, 6.45) is 1.69. The molecule has 14 heavy (non-hydrogen) atoms. The van der Waals surface area contributed by atoms with Gasteiger partial charge < -0.3 is 0 Å². The summed E-state index contributed by atoms with van der Waals surface area (Å²) in [6.45, 7) is 5.38. The molecule has 0 saturated heterocycles. The SMILES string of the molecule is CC(C#N)CCNNCCC(C)C#N. The van der Waals surface area contributed by atoms with E-state index in [0.29, 0.717) is 0 Å². The Hall–Kier alpha value is -1.10. The summed E-state index contributed by atoms with van der Waals surface area (Å²) in [4.78, 5) is 0. The van der Waals surface area contributed by atoms with Gasteiger partial charge in [-0.3, -0.25) is 10.9 Å². The molecule has 0 aliphatic carbocycles. The Bertz CT molecular complexity index is 189. The smallest absolute Gasteiger partial charge is 0.0653 e. The normalized spacial score (nSPS) is 14.0. The van der Waals surface area contributed by atoms with Crippen LogP contribution in [-0.2, 0) is 0 Å². The van der Waals surface area contributed by atoms with Crippen molar-refractivity contribution in [3.63, 3.8) is 0 Å². The van der Waals surface area contributed by atoms with Crippen molar-refractivity contribution in [3.8, 4) is 12.1 Å². The molecule has 0 saturated carbocycles. The van der Waals surface area contributed by atoms with Crippen LogP contribution in [0, 0.1) is 34.5 Å². The fourth-order valence-electron chi connectivity index (χ4n) is 0.883. The molecule has 0 aromatic heterocycles. The molecule has 0 spiro atoms. The average molecular weight is 194 g/mol. The molecule has 0 radical (unpaired) electrons. The fraction of sp³-hybridized carbons (Fsp3) is 0.800. The molecule has 0 bridgehead atoms. The van der Waals surface area contributed by atoms with Gasteiger partial charge in [-0.15, -0.1) is 0 Å². The molecule has 0 aromatic carbocycles. The molecule has 0 fully saturated rings. The molecule has 2 atom stereocenters. The molecule has 0 aliphatic heterocycles. The number of nitrogens with one attached hydrogen (secondary N) is 2. The third-order valence-corrected chi connectivity index (χ3v) is 1.97. The van der Waals surface area contributed by atoms with Crippen LogP contribution in [0.15, 0.2) is 0 Å². The fourth-order valence-corrected chi connectivity index (χ4v) is 0.883. The first-order valence-corrected chi connectivity index (χ1v) is 4.95. The van der Waals surface area contributed by atoms with Crippen LogP contribution >= 0.6 is 0 Å². The standard InChI is InChI=1S/C10H18N4/c1-9(7-11)3-5-13-14-6-4-10(2)8-12/h9-10,13-14H,3-6H2,1-2H3. The minimum atomic E-state index is 0.0994. The van der Waals surface area contributed by atoms with Gasteiger partial charge in [0.15, 0.2) is 0 Å². The van der Waals surface area contributed by atoms with Crippen molar-refractivity contribution in [2.24, 2.45) is 11.8 Å². The van der Waals surface area contributed by atoms with Crippen LogP contribution in [-0.4, -0.2) is 13.1 Å². The molecule has 78 valence electrons. The maximum atomic E-state index is 8.51. The van der Waals surface area contributed by atoms with Crippen molar-refractivity contribution < 1.29 is 0 Å². The van der Waals surface area contributed by atoms with Crippen molar-refractivity contribution in [2.75, 3.05) is 13.1 Å². The first kappa shape index (κ1) is 12.9. The molecule has 2 N–H and O–H groups in total. The molecule has 4 nitrogen and oxygen atoms in total. The van der Waals surface area contributed by atoms with Gasteiger partial charge in [0.25, 0.3) is 0 Å². The molecule has 0 amide bonds. The molecule has 4 heteroatoms. The van der Waals surface area contributed by atoms with Gasteiger partial charge in [0, 0.05) is 24.9 Å². The molecule has 0 aliphatic rings. The van der Waals surface area contributed by atoms with E-state index >= 15 is 0 Å². The van der Waals surface area contributed by atoms with Crippen LogP contribution in [0.25, 0.3) is 0 Å². The van der Waals surface area contributed by atoms with E-state index in [1.807, 2.05) is 13.8 Å². The quantitative estimate of drug-likeness (QED) is 0.471. The lowest BCUT2D eigenvalue weighted by molar-refractivity contribution is 0.472. The van der Waals surface area contributed by atoms with Gasteiger partial charge >= 0.3 is 0 Å². The van der Waals surface area contributed by atoms with Crippen LogP contribution < -0.4 is 10.9 Å². The van der Waals surface area contributed by atoms with Crippen molar-refractivity contribution in [1.82, 2.24) is 10.9 Å². The Morgan fingerprint density at radius 1 is 0.929 bits per heavy atom. The molecule has 0 aromatic rings.